The van der Waals surface area contributed by atoms with E-state index in [0.717, 1.165) is 5.56 Å². The maximum atomic E-state index is 12.3. The summed E-state index contributed by atoms with van der Waals surface area (Å²) < 4.78 is 0. The van der Waals surface area contributed by atoms with Crippen LogP contribution in [-0.2, 0) is 6.42 Å². The van der Waals surface area contributed by atoms with E-state index in [2.05, 4.69) is 42.3 Å². The molecular formula is C20H21NO. The van der Waals surface area contributed by atoms with Gasteiger partial charge in [-0.1, -0.05) is 48.5 Å². The molecule has 2 aliphatic rings. The zero-order chi connectivity index (χ0) is 15.1. The predicted molar refractivity (Wildman–Crippen MR) is 88.0 cm³/mol. The Balaban J connectivity index is 1.69. The van der Waals surface area contributed by atoms with Crippen LogP contribution in [0.3, 0.4) is 0 Å². The molecule has 0 amide bonds. The smallest absolute Gasteiger partial charge is 0.165 e. The van der Waals surface area contributed by atoms with Crippen molar-refractivity contribution in [3.05, 3.63) is 70.8 Å². The van der Waals surface area contributed by atoms with E-state index in [1.807, 2.05) is 18.2 Å². The number of benzene rings is 2. The molecule has 4 rings (SSSR count). The molecular weight excluding hydrogens is 270 g/mol. The first-order valence-electron chi connectivity index (χ1n) is 8.17. The summed E-state index contributed by atoms with van der Waals surface area (Å²) in [5.74, 6) is 0.288. The maximum absolute atomic E-state index is 12.3. The minimum atomic E-state index is 0.222. The van der Waals surface area contributed by atoms with Crippen molar-refractivity contribution in [3.8, 4) is 0 Å². The largest absolute Gasteiger partial charge is 0.294 e. The van der Waals surface area contributed by atoms with E-state index < -0.39 is 0 Å². The van der Waals surface area contributed by atoms with Crippen molar-refractivity contribution in [3.63, 3.8) is 0 Å². The van der Waals surface area contributed by atoms with Crippen LogP contribution in [0, 0.1) is 0 Å². The average Bonchev–Trinajstić information content (AvgIpc) is 2.91. The van der Waals surface area contributed by atoms with Gasteiger partial charge in [0.15, 0.2) is 5.78 Å². The SMILES string of the molecule is CN(C1CCCc2ccccc21)C1CC(=O)c2ccccc21. The Hall–Kier alpha value is -1.93. The van der Waals surface area contributed by atoms with Crippen LogP contribution in [0.2, 0.25) is 0 Å². The van der Waals surface area contributed by atoms with Gasteiger partial charge in [0, 0.05) is 24.1 Å². The lowest BCUT2D eigenvalue weighted by atomic mass is 9.86. The van der Waals surface area contributed by atoms with Crippen LogP contribution in [0.25, 0.3) is 0 Å². The first-order valence-corrected chi connectivity index (χ1v) is 8.17. The molecule has 2 atom stereocenters. The molecule has 0 fully saturated rings. The molecule has 0 spiro atoms. The monoisotopic (exact) mass is 291 g/mol. The molecule has 0 N–H and O–H groups in total. The Bertz CT molecular complexity index is 721. The maximum Gasteiger partial charge on any atom is 0.165 e. The van der Waals surface area contributed by atoms with Gasteiger partial charge in [-0.2, -0.15) is 0 Å². The van der Waals surface area contributed by atoms with Gasteiger partial charge in [0.25, 0.3) is 0 Å². The van der Waals surface area contributed by atoms with Crippen LogP contribution in [0.15, 0.2) is 48.5 Å². The molecule has 2 aliphatic carbocycles. The second-order valence-electron chi connectivity index (χ2n) is 6.50. The van der Waals surface area contributed by atoms with Crippen molar-refractivity contribution < 1.29 is 4.79 Å². The fraction of sp³-hybridized carbons (Fsp3) is 0.350. The van der Waals surface area contributed by atoms with E-state index >= 15 is 0 Å². The summed E-state index contributed by atoms with van der Waals surface area (Å²) in [4.78, 5) is 14.7. The van der Waals surface area contributed by atoms with Gasteiger partial charge in [-0.05, 0) is 43.0 Å². The Kier molecular flexibility index (Phi) is 3.34. The summed E-state index contributed by atoms with van der Waals surface area (Å²) in [7, 11) is 2.19. The molecule has 0 saturated heterocycles. The first-order chi connectivity index (χ1) is 10.8. The van der Waals surface area contributed by atoms with E-state index in [1.165, 1.54) is 36.0 Å². The Labute approximate surface area is 131 Å². The summed E-state index contributed by atoms with van der Waals surface area (Å²) >= 11 is 0. The number of hydrogen-bond donors (Lipinski definition) is 0. The van der Waals surface area contributed by atoms with Crippen LogP contribution >= 0.6 is 0 Å². The molecule has 0 aromatic heterocycles. The average molecular weight is 291 g/mol. The van der Waals surface area contributed by atoms with E-state index in [1.54, 1.807) is 0 Å². The Morgan fingerprint density at radius 1 is 0.955 bits per heavy atom. The van der Waals surface area contributed by atoms with Gasteiger partial charge in [0.05, 0.1) is 0 Å². The Morgan fingerprint density at radius 2 is 1.68 bits per heavy atom. The van der Waals surface area contributed by atoms with Crippen molar-refractivity contribution in [2.75, 3.05) is 7.05 Å². The molecule has 0 bridgehead atoms. The lowest BCUT2D eigenvalue weighted by Crippen LogP contribution is -2.30. The number of carbonyl (C=O) groups excluding carboxylic acids is 1. The standard InChI is InChI=1S/C20H21NO/c1-21(18-12-6-8-14-7-2-3-9-15(14)18)19-13-20(22)17-11-5-4-10-16(17)19/h2-5,7,9-11,18-19H,6,8,12-13H2,1H3. The number of Topliss-reactive ketones (excluding diaryl/α,β-unsaturated/α-hetero) is 1. The normalized spacial score (nSPS) is 23.5. The number of fused-ring (bicyclic) bond motifs is 2. The van der Waals surface area contributed by atoms with Crippen molar-refractivity contribution in [1.29, 1.82) is 0 Å². The topological polar surface area (TPSA) is 20.3 Å². The molecule has 2 heteroatoms. The minimum Gasteiger partial charge on any atom is -0.294 e. The van der Waals surface area contributed by atoms with Crippen LogP contribution in [0.1, 0.15) is 58.4 Å². The molecule has 2 aromatic carbocycles. The quantitative estimate of drug-likeness (QED) is 0.821. The van der Waals surface area contributed by atoms with Crippen molar-refractivity contribution >= 4 is 5.78 Å². The van der Waals surface area contributed by atoms with E-state index in [0.29, 0.717) is 12.5 Å². The molecule has 0 saturated carbocycles. The second-order valence-corrected chi connectivity index (χ2v) is 6.50. The third kappa shape index (κ3) is 2.10. The van der Waals surface area contributed by atoms with Crippen LogP contribution in [0.4, 0.5) is 0 Å². The summed E-state index contributed by atoms with van der Waals surface area (Å²) in [5.41, 5.74) is 5.05. The lowest BCUT2D eigenvalue weighted by molar-refractivity contribution is 0.0933. The van der Waals surface area contributed by atoms with Crippen molar-refractivity contribution in [2.45, 2.75) is 37.8 Å². The van der Waals surface area contributed by atoms with E-state index in [-0.39, 0.29) is 11.8 Å². The highest BCUT2D eigenvalue weighted by atomic mass is 16.1. The molecule has 0 radical (unpaired) electrons. The molecule has 0 heterocycles. The highest BCUT2D eigenvalue weighted by Crippen LogP contribution is 2.42. The molecule has 2 unspecified atom stereocenters. The highest BCUT2D eigenvalue weighted by Gasteiger charge is 2.35. The summed E-state index contributed by atoms with van der Waals surface area (Å²) in [5, 5.41) is 0. The number of hydrogen-bond acceptors (Lipinski definition) is 2. The number of aryl methyl sites for hydroxylation is 1. The summed E-state index contributed by atoms with van der Waals surface area (Å²) in [6.45, 7) is 0. The van der Waals surface area contributed by atoms with Gasteiger partial charge in [0.2, 0.25) is 0 Å². The molecule has 0 aliphatic heterocycles. The summed E-state index contributed by atoms with van der Waals surface area (Å²) in [6, 6.07) is 17.5. The fourth-order valence-electron chi connectivity index (χ4n) is 4.17. The molecule has 22 heavy (non-hydrogen) atoms. The Morgan fingerprint density at radius 3 is 2.55 bits per heavy atom. The zero-order valence-electron chi connectivity index (χ0n) is 13.0. The van der Waals surface area contributed by atoms with Gasteiger partial charge in [0.1, 0.15) is 0 Å². The molecule has 2 aromatic rings. The van der Waals surface area contributed by atoms with Crippen LogP contribution < -0.4 is 0 Å². The lowest BCUT2D eigenvalue weighted by Gasteiger charge is -2.37. The zero-order valence-corrected chi connectivity index (χ0v) is 13.0. The van der Waals surface area contributed by atoms with Gasteiger partial charge >= 0.3 is 0 Å². The summed E-state index contributed by atoms with van der Waals surface area (Å²) in [6.07, 6.45) is 4.21. The number of carbonyl (C=O) groups is 1. The molecule has 2 nitrogen and oxygen atoms in total. The third-order valence-corrected chi connectivity index (χ3v) is 5.32. The minimum absolute atomic E-state index is 0.222. The number of nitrogens with zero attached hydrogens (tertiary/aromatic N) is 1. The second kappa shape index (κ2) is 5.36. The van der Waals surface area contributed by atoms with Gasteiger partial charge in [-0.25, -0.2) is 0 Å². The number of rotatable bonds is 2. The number of ketones is 1. The van der Waals surface area contributed by atoms with E-state index in [4.69, 9.17) is 0 Å². The third-order valence-electron chi connectivity index (χ3n) is 5.32. The fourth-order valence-corrected chi connectivity index (χ4v) is 4.17. The molecule has 112 valence electrons. The van der Waals surface area contributed by atoms with Gasteiger partial charge in [-0.15, -0.1) is 0 Å². The van der Waals surface area contributed by atoms with Crippen molar-refractivity contribution in [2.24, 2.45) is 0 Å². The van der Waals surface area contributed by atoms with Gasteiger partial charge < -0.3 is 0 Å². The van der Waals surface area contributed by atoms with Gasteiger partial charge in [-0.3, -0.25) is 9.69 Å². The van der Waals surface area contributed by atoms with Crippen molar-refractivity contribution in [1.82, 2.24) is 4.90 Å². The predicted octanol–water partition coefficient (Wildman–Crippen LogP) is 4.32. The van der Waals surface area contributed by atoms with E-state index in [9.17, 15) is 4.79 Å². The first kappa shape index (κ1) is 13.7. The van der Waals surface area contributed by atoms with Crippen LogP contribution in [-0.4, -0.2) is 17.7 Å². The highest BCUT2D eigenvalue weighted by molar-refractivity contribution is 6.01. The van der Waals surface area contributed by atoms with Crippen LogP contribution in [0.5, 0.6) is 0 Å².